The van der Waals surface area contributed by atoms with Crippen molar-refractivity contribution in [2.24, 2.45) is 5.92 Å². The van der Waals surface area contributed by atoms with Crippen molar-refractivity contribution < 1.29 is 4.79 Å². The molecule has 1 saturated heterocycles. The Hall–Kier alpha value is -2.56. The number of carbonyl (C=O) groups excluding carboxylic acids is 1. The third-order valence-corrected chi connectivity index (χ3v) is 5.60. The van der Waals surface area contributed by atoms with Gasteiger partial charge >= 0.3 is 0 Å². The van der Waals surface area contributed by atoms with Gasteiger partial charge in [0.1, 0.15) is 5.69 Å². The van der Waals surface area contributed by atoms with Crippen LogP contribution in [-0.2, 0) is 6.54 Å². The lowest BCUT2D eigenvalue weighted by Crippen LogP contribution is -2.35. The predicted octanol–water partition coefficient (Wildman–Crippen LogP) is 3.84. The number of hydrogen-bond donors (Lipinski definition) is 0. The quantitative estimate of drug-likeness (QED) is 0.719. The maximum atomic E-state index is 13.1. The molecule has 1 aliphatic carbocycles. The highest BCUT2D eigenvalue weighted by Crippen LogP contribution is 2.31. The van der Waals surface area contributed by atoms with E-state index < -0.39 is 0 Å². The van der Waals surface area contributed by atoms with Gasteiger partial charge < -0.3 is 9.30 Å². The molecule has 5 heteroatoms. The Labute approximate surface area is 153 Å². The van der Waals surface area contributed by atoms with Crippen LogP contribution in [0, 0.1) is 5.92 Å². The molecule has 0 bridgehead atoms. The number of likely N-dealkylation sites (tertiary alicyclic amines) is 1. The lowest BCUT2D eigenvalue weighted by atomic mass is 10.1. The van der Waals surface area contributed by atoms with E-state index in [-0.39, 0.29) is 5.91 Å². The molecule has 0 unspecified atom stereocenters. The van der Waals surface area contributed by atoms with Crippen LogP contribution in [0.15, 0.2) is 42.7 Å². The summed E-state index contributed by atoms with van der Waals surface area (Å²) in [4.78, 5) is 15.1. The van der Waals surface area contributed by atoms with Crippen molar-refractivity contribution in [3.05, 3.63) is 48.3 Å². The summed E-state index contributed by atoms with van der Waals surface area (Å²) in [5.74, 6) is 0.945. The number of carbonyl (C=O) groups is 1. The minimum atomic E-state index is 0.150. The third-order valence-electron chi connectivity index (χ3n) is 5.60. The topological polar surface area (TPSA) is 42.5 Å². The Kier molecular flexibility index (Phi) is 3.80. The van der Waals surface area contributed by atoms with E-state index in [1.54, 1.807) is 0 Å². The second-order valence-electron chi connectivity index (χ2n) is 7.62. The first kappa shape index (κ1) is 15.7. The molecule has 0 aromatic carbocycles. The molecule has 0 radical (unpaired) electrons. The third kappa shape index (κ3) is 2.81. The van der Waals surface area contributed by atoms with Gasteiger partial charge in [0.15, 0.2) is 0 Å². The largest absolute Gasteiger partial charge is 0.339 e. The summed E-state index contributed by atoms with van der Waals surface area (Å²) >= 11 is 0. The van der Waals surface area contributed by atoms with Crippen LogP contribution in [0.25, 0.3) is 16.9 Å². The minimum Gasteiger partial charge on any atom is -0.339 e. The number of piperidine rings is 1. The zero-order valence-corrected chi connectivity index (χ0v) is 15.0. The Balaban J connectivity index is 1.53. The van der Waals surface area contributed by atoms with Gasteiger partial charge in [0.05, 0.1) is 16.8 Å². The van der Waals surface area contributed by atoms with Gasteiger partial charge in [0, 0.05) is 32.0 Å². The summed E-state index contributed by atoms with van der Waals surface area (Å²) in [7, 11) is 0. The molecule has 2 aliphatic rings. The molecule has 4 heterocycles. The minimum absolute atomic E-state index is 0.150. The summed E-state index contributed by atoms with van der Waals surface area (Å²) in [5, 5.41) is 4.77. The van der Waals surface area contributed by atoms with Crippen molar-refractivity contribution in [1.82, 2.24) is 19.1 Å². The molecule has 0 spiro atoms. The fourth-order valence-electron chi connectivity index (χ4n) is 3.95. The SMILES string of the molecule is O=C(c1cc(-c2ccn(CC3CC3)n2)n2ccccc12)N1CCCCC1. The molecule has 5 rings (SSSR count). The molecule has 134 valence electrons. The van der Waals surface area contributed by atoms with Crippen LogP contribution < -0.4 is 0 Å². The maximum Gasteiger partial charge on any atom is 0.256 e. The van der Waals surface area contributed by atoms with Gasteiger partial charge in [-0.25, -0.2) is 0 Å². The van der Waals surface area contributed by atoms with Gasteiger partial charge in [0.25, 0.3) is 5.91 Å². The van der Waals surface area contributed by atoms with Crippen LogP contribution in [0.2, 0.25) is 0 Å². The van der Waals surface area contributed by atoms with Gasteiger partial charge in [-0.3, -0.25) is 9.48 Å². The zero-order valence-electron chi connectivity index (χ0n) is 15.0. The van der Waals surface area contributed by atoms with E-state index in [9.17, 15) is 4.79 Å². The van der Waals surface area contributed by atoms with Gasteiger partial charge in [-0.2, -0.15) is 5.10 Å². The Morgan fingerprint density at radius 2 is 1.92 bits per heavy atom. The first-order valence-corrected chi connectivity index (χ1v) is 9.73. The van der Waals surface area contributed by atoms with Crippen molar-refractivity contribution in [3.8, 4) is 11.4 Å². The van der Waals surface area contributed by atoms with Crippen molar-refractivity contribution in [3.63, 3.8) is 0 Å². The standard InChI is InChI=1S/C21H24N4O/c26-21(23-10-3-1-4-11-23)17-14-20(25-12-5-2-6-19(17)25)18-9-13-24(22-18)15-16-7-8-16/h2,5-6,9,12-14,16H,1,3-4,7-8,10-11,15H2. The molecule has 1 saturated carbocycles. The molecular formula is C21H24N4O. The summed E-state index contributed by atoms with van der Waals surface area (Å²) in [6.07, 6.45) is 10.2. The highest BCUT2D eigenvalue weighted by atomic mass is 16.2. The lowest BCUT2D eigenvalue weighted by molar-refractivity contribution is 0.0726. The Morgan fingerprint density at radius 1 is 1.08 bits per heavy atom. The predicted molar refractivity (Wildman–Crippen MR) is 101 cm³/mol. The van der Waals surface area contributed by atoms with E-state index in [2.05, 4.69) is 16.7 Å². The van der Waals surface area contributed by atoms with Gasteiger partial charge in [-0.1, -0.05) is 6.07 Å². The van der Waals surface area contributed by atoms with Crippen molar-refractivity contribution >= 4 is 11.4 Å². The number of amides is 1. The monoisotopic (exact) mass is 348 g/mol. The van der Waals surface area contributed by atoms with Gasteiger partial charge in [-0.15, -0.1) is 0 Å². The highest BCUT2D eigenvalue weighted by Gasteiger charge is 2.24. The van der Waals surface area contributed by atoms with E-state index in [1.807, 2.05) is 40.0 Å². The number of rotatable bonds is 4. The lowest BCUT2D eigenvalue weighted by Gasteiger charge is -2.26. The molecule has 0 N–H and O–H groups in total. The van der Waals surface area contributed by atoms with E-state index in [0.29, 0.717) is 0 Å². The Bertz CT molecular complexity index is 944. The zero-order chi connectivity index (χ0) is 17.5. The molecular weight excluding hydrogens is 324 g/mol. The van der Waals surface area contributed by atoms with Gasteiger partial charge in [0.2, 0.25) is 0 Å². The maximum absolute atomic E-state index is 13.1. The van der Waals surface area contributed by atoms with Gasteiger partial charge in [-0.05, 0) is 62.3 Å². The molecule has 5 nitrogen and oxygen atoms in total. The van der Waals surface area contributed by atoms with Crippen LogP contribution in [0.3, 0.4) is 0 Å². The number of pyridine rings is 1. The fourth-order valence-corrected chi connectivity index (χ4v) is 3.95. The summed E-state index contributed by atoms with van der Waals surface area (Å²) < 4.78 is 4.14. The van der Waals surface area contributed by atoms with E-state index in [1.165, 1.54) is 19.3 Å². The van der Waals surface area contributed by atoms with Crippen LogP contribution in [0.5, 0.6) is 0 Å². The number of aromatic nitrogens is 3. The molecule has 3 aromatic rings. The number of hydrogen-bond acceptors (Lipinski definition) is 2. The number of nitrogens with zero attached hydrogens (tertiary/aromatic N) is 4. The first-order chi connectivity index (χ1) is 12.8. The van der Waals surface area contributed by atoms with Crippen LogP contribution in [0.1, 0.15) is 42.5 Å². The van der Waals surface area contributed by atoms with E-state index >= 15 is 0 Å². The second kappa shape index (κ2) is 6.31. The van der Waals surface area contributed by atoms with Crippen LogP contribution >= 0.6 is 0 Å². The molecule has 26 heavy (non-hydrogen) atoms. The second-order valence-corrected chi connectivity index (χ2v) is 7.62. The summed E-state index contributed by atoms with van der Waals surface area (Å²) in [6.45, 7) is 2.74. The molecule has 1 aliphatic heterocycles. The van der Waals surface area contributed by atoms with Crippen molar-refractivity contribution in [2.75, 3.05) is 13.1 Å². The molecule has 0 atom stereocenters. The summed E-state index contributed by atoms with van der Waals surface area (Å²) in [6, 6.07) is 10.1. The highest BCUT2D eigenvalue weighted by molar-refractivity contribution is 6.02. The molecule has 1 amide bonds. The van der Waals surface area contributed by atoms with Crippen LogP contribution in [-0.4, -0.2) is 38.1 Å². The average Bonchev–Trinajstić information content (AvgIpc) is 3.24. The van der Waals surface area contributed by atoms with E-state index in [4.69, 9.17) is 5.10 Å². The van der Waals surface area contributed by atoms with Crippen molar-refractivity contribution in [1.29, 1.82) is 0 Å². The van der Waals surface area contributed by atoms with Crippen molar-refractivity contribution in [2.45, 2.75) is 38.6 Å². The first-order valence-electron chi connectivity index (χ1n) is 9.73. The van der Waals surface area contributed by atoms with Crippen LogP contribution in [0.4, 0.5) is 0 Å². The molecule has 3 aromatic heterocycles. The molecule has 2 fully saturated rings. The average molecular weight is 348 g/mol. The summed E-state index contributed by atoms with van der Waals surface area (Å²) in [5.41, 5.74) is 3.69. The van der Waals surface area contributed by atoms with E-state index in [0.717, 1.165) is 60.9 Å². The fraction of sp³-hybridized carbons (Fsp3) is 0.429. The Morgan fingerprint density at radius 3 is 2.73 bits per heavy atom. The normalized spacial score (nSPS) is 17.8. The smallest absolute Gasteiger partial charge is 0.256 e. The number of fused-ring (bicyclic) bond motifs is 1.